The van der Waals surface area contributed by atoms with Gasteiger partial charge in [-0.15, -0.1) is 0 Å². The van der Waals surface area contributed by atoms with E-state index in [0.717, 1.165) is 30.2 Å². The molecule has 0 radical (unpaired) electrons. The number of nitrogens with one attached hydrogen (secondary N) is 1. The van der Waals surface area contributed by atoms with Gasteiger partial charge in [0.25, 0.3) is 0 Å². The molecule has 0 aromatic heterocycles. The lowest BCUT2D eigenvalue weighted by Gasteiger charge is -2.17. The number of nitrogens with two attached hydrogens (primary N) is 1. The van der Waals surface area contributed by atoms with Gasteiger partial charge in [-0.05, 0) is 24.7 Å². The van der Waals surface area contributed by atoms with Gasteiger partial charge < -0.3 is 20.1 Å². The van der Waals surface area contributed by atoms with Gasteiger partial charge in [0.2, 0.25) is 0 Å². The van der Waals surface area contributed by atoms with Gasteiger partial charge >= 0.3 is 0 Å². The van der Waals surface area contributed by atoms with Crippen LogP contribution in [0.4, 0.5) is 0 Å². The maximum absolute atomic E-state index is 7.20. The topological polar surface area (TPSA) is 71.6 Å². The van der Waals surface area contributed by atoms with Gasteiger partial charge in [0.1, 0.15) is 0 Å². The van der Waals surface area contributed by atoms with Crippen LogP contribution in [-0.2, 0) is 6.54 Å². The Hall–Kier alpha value is -1.75. The number of ether oxygens (including phenoxy) is 2. The third kappa shape index (κ3) is 4.25. The third-order valence-corrected chi connectivity index (χ3v) is 2.66. The smallest absolute Gasteiger partial charge is 0.161 e. The van der Waals surface area contributed by atoms with Crippen LogP contribution < -0.4 is 15.2 Å². The number of hydrogen-bond donors (Lipinski definition) is 2. The molecule has 100 valence electrons. The fourth-order valence-corrected chi connectivity index (χ4v) is 1.68. The Labute approximate surface area is 108 Å². The van der Waals surface area contributed by atoms with Crippen molar-refractivity contribution >= 4 is 5.84 Å². The number of methoxy groups -OCH3 is 2. The summed E-state index contributed by atoms with van der Waals surface area (Å²) in [5.74, 6) is 1.68. The lowest BCUT2D eigenvalue weighted by atomic mass is 10.2. The van der Waals surface area contributed by atoms with Crippen molar-refractivity contribution in [3.05, 3.63) is 23.8 Å². The summed E-state index contributed by atoms with van der Waals surface area (Å²) in [6.45, 7) is 1.55. The Morgan fingerprint density at radius 1 is 1.28 bits per heavy atom. The van der Waals surface area contributed by atoms with Crippen molar-refractivity contribution in [2.45, 2.75) is 13.0 Å². The molecule has 18 heavy (non-hydrogen) atoms. The highest BCUT2D eigenvalue weighted by atomic mass is 16.5. The van der Waals surface area contributed by atoms with Gasteiger partial charge in [0, 0.05) is 19.5 Å². The molecular weight excluding hydrogens is 230 g/mol. The fraction of sp³-hybridized carbons (Fsp3) is 0.462. The second kappa shape index (κ2) is 6.86. The lowest BCUT2D eigenvalue weighted by Crippen LogP contribution is -2.23. The Morgan fingerprint density at radius 2 is 1.94 bits per heavy atom. The monoisotopic (exact) mass is 251 g/mol. The zero-order valence-electron chi connectivity index (χ0n) is 11.2. The van der Waals surface area contributed by atoms with Gasteiger partial charge in [-0.3, -0.25) is 5.41 Å². The van der Waals surface area contributed by atoms with E-state index >= 15 is 0 Å². The molecule has 5 heteroatoms. The minimum Gasteiger partial charge on any atom is -0.493 e. The summed E-state index contributed by atoms with van der Waals surface area (Å²) in [5.41, 5.74) is 6.48. The molecular formula is C13H21N3O2. The minimum atomic E-state index is 0.217. The maximum atomic E-state index is 7.20. The average Bonchev–Trinajstić information content (AvgIpc) is 2.36. The van der Waals surface area contributed by atoms with Crippen molar-refractivity contribution in [3.8, 4) is 11.5 Å². The number of nitrogens with zero attached hydrogens (tertiary/aromatic N) is 1. The van der Waals surface area contributed by atoms with Crippen LogP contribution in [0.25, 0.3) is 0 Å². The largest absolute Gasteiger partial charge is 0.493 e. The van der Waals surface area contributed by atoms with Gasteiger partial charge in [-0.25, -0.2) is 0 Å². The Bertz CT molecular complexity index is 407. The molecule has 0 atom stereocenters. The van der Waals surface area contributed by atoms with Crippen molar-refractivity contribution in [2.75, 3.05) is 27.8 Å². The van der Waals surface area contributed by atoms with E-state index in [-0.39, 0.29) is 5.84 Å². The highest BCUT2D eigenvalue weighted by Gasteiger charge is 2.06. The van der Waals surface area contributed by atoms with Crippen molar-refractivity contribution < 1.29 is 9.47 Å². The van der Waals surface area contributed by atoms with E-state index in [2.05, 4.69) is 4.90 Å². The molecule has 1 aromatic carbocycles. The Balaban J connectivity index is 2.64. The van der Waals surface area contributed by atoms with Crippen LogP contribution in [0.1, 0.15) is 12.0 Å². The lowest BCUT2D eigenvalue weighted by molar-refractivity contribution is 0.332. The predicted molar refractivity (Wildman–Crippen MR) is 72.4 cm³/mol. The molecule has 0 unspecified atom stereocenters. The highest BCUT2D eigenvalue weighted by Crippen LogP contribution is 2.27. The fourth-order valence-electron chi connectivity index (χ4n) is 1.68. The summed E-state index contributed by atoms with van der Waals surface area (Å²) >= 11 is 0. The van der Waals surface area contributed by atoms with E-state index < -0.39 is 0 Å². The maximum Gasteiger partial charge on any atom is 0.161 e. The summed E-state index contributed by atoms with van der Waals surface area (Å²) in [6.07, 6.45) is 0.587. The molecule has 0 aliphatic carbocycles. The van der Waals surface area contributed by atoms with Crippen LogP contribution in [-0.4, -0.2) is 38.5 Å². The molecule has 0 fully saturated rings. The van der Waals surface area contributed by atoms with Crippen LogP contribution in [0.15, 0.2) is 18.2 Å². The van der Waals surface area contributed by atoms with E-state index in [0.29, 0.717) is 6.42 Å². The van der Waals surface area contributed by atoms with Gasteiger partial charge in [-0.1, -0.05) is 6.07 Å². The Kier molecular flexibility index (Phi) is 5.45. The SMILES string of the molecule is COc1ccc(CN(C)CCC(=N)N)cc1OC. The first-order chi connectivity index (χ1) is 8.56. The van der Waals surface area contributed by atoms with Crippen LogP contribution in [0.5, 0.6) is 11.5 Å². The normalized spacial score (nSPS) is 10.4. The number of amidine groups is 1. The van der Waals surface area contributed by atoms with Crippen molar-refractivity contribution in [1.82, 2.24) is 4.90 Å². The van der Waals surface area contributed by atoms with Gasteiger partial charge in [0.15, 0.2) is 11.5 Å². The van der Waals surface area contributed by atoms with Gasteiger partial charge in [-0.2, -0.15) is 0 Å². The molecule has 0 heterocycles. The van der Waals surface area contributed by atoms with E-state index in [1.165, 1.54) is 0 Å². The van der Waals surface area contributed by atoms with E-state index in [1.807, 2.05) is 25.2 Å². The van der Waals surface area contributed by atoms with Crippen LogP contribution >= 0.6 is 0 Å². The van der Waals surface area contributed by atoms with Gasteiger partial charge in [0.05, 0.1) is 20.1 Å². The van der Waals surface area contributed by atoms with E-state index in [4.69, 9.17) is 20.6 Å². The molecule has 3 N–H and O–H groups in total. The third-order valence-electron chi connectivity index (χ3n) is 2.66. The first-order valence-corrected chi connectivity index (χ1v) is 5.79. The number of benzene rings is 1. The van der Waals surface area contributed by atoms with Crippen molar-refractivity contribution in [3.63, 3.8) is 0 Å². The Morgan fingerprint density at radius 3 is 2.50 bits per heavy atom. The van der Waals surface area contributed by atoms with Crippen LogP contribution in [0.2, 0.25) is 0 Å². The molecule has 1 aromatic rings. The standard InChI is InChI=1S/C13H21N3O2/c1-16(7-6-13(14)15)9-10-4-5-11(17-2)12(8-10)18-3/h4-5,8H,6-7,9H2,1-3H3,(H3,14,15). The molecule has 0 bridgehead atoms. The summed E-state index contributed by atoms with van der Waals surface area (Å²) < 4.78 is 10.5. The molecule has 0 spiro atoms. The summed E-state index contributed by atoms with van der Waals surface area (Å²) in [6, 6.07) is 5.86. The molecule has 0 amide bonds. The molecule has 1 rings (SSSR count). The summed E-state index contributed by atoms with van der Waals surface area (Å²) in [7, 11) is 5.25. The zero-order valence-corrected chi connectivity index (χ0v) is 11.2. The van der Waals surface area contributed by atoms with Crippen molar-refractivity contribution in [1.29, 1.82) is 5.41 Å². The molecule has 5 nitrogen and oxygen atoms in total. The zero-order chi connectivity index (χ0) is 13.5. The van der Waals surface area contributed by atoms with Crippen LogP contribution in [0.3, 0.4) is 0 Å². The predicted octanol–water partition coefficient (Wildman–Crippen LogP) is 1.46. The van der Waals surface area contributed by atoms with E-state index in [9.17, 15) is 0 Å². The summed E-state index contributed by atoms with van der Waals surface area (Å²) in [4.78, 5) is 2.11. The number of hydrogen-bond acceptors (Lipinski definition) is 4. The molecule has 0 saturated carbocycles. The van der Waals surface area contributed by atoms with Crippen molar-refractivity contribution in [2.24, 2.45) is 5.73 Å². The van der Waals surface area contributed by atoms with Crippen LogP contribution in [0, 0.1) is 5.41 Å². The molecule has 0 saturated heterocycles. The first-order valence-electron chi connectivity index (χ1n) is 5.79. The molecule has 0 aliphatic heterocycles. The second-order valence-electron chi connectivity index (χ2n) is 4.20. The summed E-state index contributed by atoms with van der Waals surface area (Å²) in [5, 5.41) is 7.20. The average molecular weight is 251 g/mol. The minimum absolute atomic E-state index is 0.217. The second-order valence-corrected chi connectivity index (χ2v) is 4.20. The van der Waals surface area contributed by atoms with E-state index in [1.54, 1.807) is 14.2 Å². The number of rotatable bonds is 7. The quantitative estimate of drug-likeness (QED) is 0.568. The molecule has 0 aliphatic rings. The highest BCUT2D eigenvalue weighted by molar-refractivity contribution is 5.76. The first kappa shape index (κ1) is 14.3.